The van der Waals surface area contributed by atoms with Crippen molar-refractivity contribution in [3.05, 3.63) is 23.3 Å². The lowest BCUT2D eigenvalue weighted by Gasteiger charge is -2.34. The van der Waals surface area contributed by atoms with Crippen molar-refractivity contribution >= 4 is 0 Å². The number of hydrogen-bond donors (Lipinski definition) is 1. The Morgan fingerprint density at radius 2 is 1.80 bits per heavy atom. The smallest absolute Gasteiger partial charge is 0.161 e. The van der Waals surface area contributed by atoms with Gasteiger partial charge in [-0.15, -0.1) is 0 Å². The highest BCUT2D eigenvalue weighted by Gasteiger charge is 2.27. The highest BCUT2D eigenvalue weighted by molar-refractivity contribution is 5.47. The molecule has 0 radical (unpaired) electrons. The van der Waals surface area contributed by atoms with E-state index in [4.69, 9.17) is 9.47 Å². The highest BCUT2D eigenvalue weighted by Crippen LogP contribution is 2.32. The van der Waals surface area contributed by atoms with Crippen LogP contribution in [0.15, 0.2) is 12.1 Å². The molecule has 112 valence electrons. The van der Waals surface area contributed by atoms with Gasteiger partial charge in [-0.1, -0.05) is 0 Å². The van der Waals surface area contributed by atoms with Gasteiger partial charge < -0.3 is 19.5 Å². The monoisotopic (exact) mass is 279 g/mol. The zero-order chi connectivity index (χ0) is 14.7. The molecule has 20 heavy (non-hydrogen) atoms. The maximum Gasteiger partial charge on any atom is 0.161 e. The fourth-order valence-electron chi connectivity index (χ4n) is 2.84. The molecule has 1 aliphatic rings. The fourth-order valence-corrected chi connectivity index (χ4v) is 2.84. The van der Waals surface area contributed by atoms with E-state index in [1.54, 1.807) is 14.2 Å². The highest BCUT2D eigenvalue weighted by atomic mass is 16.5. The van der Waals surface area contributed by atoms with Gasteiger partial charge in [-0.25, -0.2) is 0 Å². The van der Waals surface area contributed by atoms with Gasteiger partial charge in [0.25, 0.3) is 0 Å². The number of rotatable bonds is 6. The molecular formula is C16H25NO3. The number of aryl methyl sites for hydroxylation is 1. The summed E-state index contributed by atoms with van der Waals surface area (Å²) in [5.41, 5.74) is 2.47. The van der Waals surface area contributed by atoms with Gasteiger partial charge in [0.1, 0.15) is 0 Å². The Morgan fingerprint density at radius 1 is 1.20 bits per heavy atom. The lowest BCUT2D eigenvalue weighted by Crippen LogP contribution is -2.36. The van der Waals surface area contributed by atoms with Gasteiger partial charge in [0.15, 0.2) is 11.5 Å². The second-order valence-corrected chi connectivity index (χ2v) is 5.82. The molecule has 1 aliphatic carbocycles. The topological polar surface area (TPSA) is 41.9 Å². The van der Waals surface area contributed by atoms with Crippen LogP contribution in [0.5, 0.6) is 11.5 Å². The van der Waals surface area contributed by atoms with Crippen LogP contribution < -0.4 is 9.47 Å². The Balaban J connectivity index is 2.01. The number of aliphatic hydroxyl groups excluding tert-OH is 1. The van der Waals surface area contributed by atoms with Gasteiger partial charge in [-0.2, -0.15) is 0 Å². The van der Waals surface area contributed by atoms with Crippen LogP contribution in [-0.2, 0) is 6.54 Å². The molecule has 4 nitrogen and oxygen atoms in total. The SMILES string of the molecule is COc1cc(C)c(CN(C)CC2CC(O)C2)cc1OC. The number of hydrogen-bond acceptors (Lipinski definition) is 4. The summed E-state index contributed by atoms with van der Waals surface area (Å²) in [5, 5.41) is 9.34. The van der Waals surface area contributed by atoms with Crippen molar-refractivity contribution in [2.24, 2.45) is 5.92 Å². The summed E-state index contributed by atoms with van der Waals surface area (Å²) in [5.74, 6) is 2.19. The Labute approximate surface area is 121 Å². The maximum absolute atomic E-state index is 9.34. The van der Waals surface area contributed by atoms with Crippen molar-refractivity contribution in [1.29, 1.82) is 0 Å². The third-order valence-electron chi connectivity index (χ3n) is 4.06. The maximum atomic E-state index is 9.34. The molecule has 1 aromatic rings. The van der Waals surface area contributed by atoms with Crippen molar-refractivity contribution in [2.75, 3.05) is 27.8 Å². The molecule has 1 fully saturated rings. The van der Waals surface area contributed by atoms with Crippen LogP contribution in [0.1, 0.15) is 24.0 Å². The normalized spacial score (nSPS) is 21.7. The molecule has 0 amide bonds. The number of ether oxygens (including phenoxy) is 2. The minimum absolute atomic E-state index is 0.0729. The predicted octanol–water partition coefficient (Wildman–Crippen LogP) is 2.21. The molecule has 1 saturated carbocycles. The first-order valence-corrected chi connectivity index (χ1v) is 7.11. The molecule has 4 heteroatoms. The quantitative estimate of drug-likeness (QED) is 0.867. The molecule has 0 atom stereocenters. The average Bonchev–Trinajstić information content (AvgIpc) is 2.38. The Hall–Kier alpha value is -1.26. The number of aliphatic hydroxyl groups is 1. The van der Waals surface area contributed by atoms with E-state index in [-0.39, 0.29) is 6.10 Å². The van der Waals surface area contributed by atoms with Gasteiger partial charge in [-0.05, 0) is 56.0 Å². The van der Waals surface area contributed by atoms with E-state index in [0.29, 0.717) is 5.92 Å². The van der Waals surface area contributed by atoms with Crippen molar-refractivity contribution in [3.8, 4) is 11.5 Å². The van der Waals surface area contributed by atoms with Gasteiger partial charge >= 0.3 is 0 Å². The summed E-state index contributed by atoms with van der Waals surface area (Å²) in [7, 11) is 5.45. The molecule has 0 bridgehead atoms. The first-order valence-electron chi connectivity index (χ1n) is 7.11. The number of benzene rings is 1. The lowest BCUT2D eigenvalue weighted by atomic mass is 9.82. The zero-order valence-electron chi connectivity index (χ0n) is 12.8. The largest absolute Gasteiger partial charge is 0.493 e. The Morgan fingerprint density at radius 3 is 2.35 bits per heavy atom. The minimum atomic E-state index is -0.0729. The van der Waals surface area contributed by atoms with E-state index in [9.17, 15) is 5.11 Å². The minimum Gasteiger partial charge on any atom is -0.493 e. The second-order valence-electron chi connectivity index (χ2n) is 5.82. The summed E-state index contributed by atoms with van der Waals surface area (Å²) >= 11 is 0. The molecule has 0 aromatic heterocycles. The number of methoxy groups -OCH3 is 2. The van der Waals surface area contributed by atoms with Crippen LogP contribution in [-0.4, -0.2) is 43.9 Å². The molecule has 0 spiro atoms. The van der Waals surface area contributed by atoms with Crippen LogP contribution >= 0.6 is 0 Å². The molecule has 0 unspecified atom stereocenters. The molecule has 0 heterocycles. The van der Waals surface area contributed by atoms with Crippen LogP contribution in [0.2, 0.25) is 0 Å². The van der Waals surface area contributed by atoms with Gasteiger partial charge in [0.05, 0.1) is 20.3 Å². The fraction of sp³-hybridized carbons (Fsp3) is 0.625. The van der Waals surface area contributed by atoms with E-state index >= 15 is 0 Å². The van der Waals surface area contributed by atoms with E-state index in [0.717, 1.165) is 37.4 Å². The third kappa shape index (κ3) is 3.44. The summed E-state index contributed by atoms with van der Waals surface area (Å²) in [6.45, 7) is 4.02. The van der Waals surface area contributed by atoms with E-state index in [1.165, 1.54) is 11.1 Å². The first kappa shape index (κ1) is 15.1. The molecule has 0 saturated heterocycles. The summed E-state index contributed by atoms with van der Waals surface area (Å²) in [6.07, 6.45) is 1.81. The van der Waals surface area contributed by atoms with Crippen molar-refractivity contribution in [2.45, 2.75) is 32.4 Å². The summed E-state index contributed by atoms with van der Waals surface area (Å²) < 4.78 is 10.7. The zero-order valence-corrected chi connectivity index (χ0v) is 12.8. The van der Waals surface area contributed by atoms with Crippen molar-refractivity contribution in [1.82, 2.24) is 4.90 Å². The molecule has 1 N–H and O–H groups in total. The molecular weight excluding hydrogens is 254 g/mol. The van der Waals surface area contributed by atoms with E-state index in [1.807, 2.05) is 6.07 Å². The standard InChI is InChI=1S/C16H25NO3/c1-11-5-15(19-3)16(20-4)8-13(11)10-17(2)9-12-6-14(18)7-12/h5,8,12,14,18H,6-7,9-10H2,1-4H3. The van der Waals surface area contributed by atoms with Crippen molar-refractivity contribution < 1.29 is 14.6 Å². The van der Waals surface area contributed by atoms with Crippen LogP contribution in [0.4, 0.5) is 0 Å². The summed E-state index contributed by atoms with van der Waals surface area (Å²) in [4.78, 5) is 2.31. The Kier molecular flexibility index (Phi) is 4.89. The van der Waals surface area contributed by atoms with Crippen molar-refractivity contribution in [3.63, 3.8) is 0 Å². The van der Waals surface area contributed by atoms with Gasteiger partial charge in [0.2, 0.25) is 0 Å². The first-order chi connectivity index (χ1) is 9.53. The van der Waals surface area contributed by atoms with Crippen LogP contribution in [0.25, 0.3) is 0 Å². The summed E-state index contributed by atoms with van der Waals surface area (Å²) in [6, 6.07) is 4.08. The molecule has 2 rings (SSSR count). The Bertz CT molecular complexity index is 455. The van der Waals surface area contributed by atoms with Crippen LogP contribution in [0, 0.1) is 12.8 Å². The molecule has 0 aliphatic heterocycles. The van der Waals surface area contributed by atoms with Gasteiger partial charge in [-0.3, -0.25) is 0 Å². The van der Waals surface area contributed by atoms with Gasteiger partial charge in [0, 0.05) is 13.1 Å². The average molecular weight is 279 g/mol. The lowest BCUT2D eigenvalue weighted by molar-refractivity contribution is 0.0273. The van der Waals surface area contributed by atoms with E-state index < -0.39 is 0 Å². The third-order valence-corrected chi connectivity index (χ3v) is 4.06. The van der Waals surface area contributed by atoms with Crippen LogP contribution in [0.3, 0.4) is 0 Å². The second kappa shape index (κ2) is 6.46. The molecule has 1 aromatic carbocycles. The van der Waals surface area contributed by atoms with E-state index in [2.05, 4.69) is 24.9 Å². The number of nitrogens with zero attached hydrogens (tertiary/aromatic N) is 1. The predicted molar refractivity (Wildman–Crippen MR) is 79.3 cm³/mol.